The molecule has 1 saturated carbocycles. The van der Waals surface area contributed by atoms with Crippen LogP contribution in [0.15, 0.2) is 18.3 Å². The number of aromatic nitrogens is 5. The Kier molecular flexibility index (Phi) is 4.78. The number of carbonyl (C=O) groups excluding carboxylic acids is 1. The molecule has 0 aliphatic heterocycles. The number of nitrogens with zero attached hydrogens (tertiary/aromatic N) is 5. The molecule has 1 amide bonds. The number of pyridine rings is 1. The molecule has 3 aromatic heterocycles. The van der Waals surface area contributed by atoms with Gasteiger partial charge in [-0.2, -0.15) is 15.2 Å². The molecule has 8 nitrogen and oxygen atoms in total. The third kappa shape index (κ3) is 3.58. The third-order valence-corrected chi connectivity index (χ3v) is 5.12. The monoisotopic (exact) mass is 382 g/mol. The fraction of sp³-hybridized carbons (Fsp3) is 0.500. The van der Waals surface area contributed by atoms with Gasteiger partial charge in [0.05, 0.1) is 17.4 Å². The van der Waals surface area contributed by atoms with Gasteiger partial charge in [-0.25, -0.2) is 0 Å². The van der Waals surface area contributed by atoms with Crippen LogP contribution in [0.4, 0.5) is 0 Å². The first-order chi connectivity index (χ1) is 13.5. The molecule has 1 unspecified atom stereocenters. The summed E-state index contributed by atoms with van der Waals surface area (Å²) in [6.07, 6.45) is 4.29. The number of fused-ring (bicyclic) bond motifs is 1. The Balaban J connectivity index is 1.42. The van der Waals surface area contributed by atoms with Gasteiger partial charge < -0.3 is 10.1 Å². The van der Waals surface area contributed by atoms with Gasteiger partial charge in [-0.3, -0.25) is 14.2 Å². The van der Waals surface area contributed by atoms with E-state index in [-0.39, 0.29) is 18.6 Å². The Morgan fingerprint density at radius 2 is 2.18 bits per heavy atom. The second-order valence-corrected chi connectivity index (χ2v) is 7.43. The molecule has 1 N–H and O–H groups in total. The number of hydrogen-bond donors (Lipinski definition) is 1. The van der Waals surface area contributed by atoms with E-state index in [9.17, 15) is 4.79 Å². The van der Waals surface area contributed by atoms with Crippen molar-refractivity contribution in [1.29, 1.82) is 0 Å². The molecule has 1 fully saturated rings. The Hall–Kier alpha value is -2.90. The molecule has 148 valence electrons. The highest BCUT2D eigenvalue weighted by Gasteiger charge is 2.30. The number of nitrogens with one attached hydrogen (secondary N) is 1. The van der Waals surface area contributed by atoms with Crippen LogP contribution in [0.3, 0.4) is 0 Å². The molecule has 4 rings (SSSR count). The van der Waals surface area contributed by atoms with Crippen molar-refractivity contribution in [1.82, 2.24) is 29.9 Å². The lowest BCUT2D eigenvalue weighted by Crippen LogP contribution is -2.31. The van der Waals surface area contributed by atoms with Crippen molar-refractivity contribution < 1.29 is 9.53 Å². The lowest BCUT2D eigenvalue weighted by Gasteiger charge is -2.12. The van der Waals surface area contributed by atoms with Crippen molar-refractivity contribution >= 4 is 16.9 Å². The summed E-state index contributed by atoms with van der Waals surface area (Å²) in [6, 6.07) is 3.61. The third-order valence-electron chi connectivity index (χ3n) is 5.12. The second kappa shape index (κ2) is 7.26. The minimum atomic E-state index is -0.207. The van der Waals surface area contributed by atoms with Crippen molar-refractivity contribution in [3.63, 3.8) is 0 Å². The standard InChI is InChI=1S/C20H26N6O2/c1-5-26-9-8-15(23-26)13(3)21-16(27)11-28-17-10-12(2)18-19(14-6-7-14)24-25(4)20(18)22-17/h8-10,13-14H,5-7,11H2,1-4H3,(H,21,27). The van der Waals surface area contributed by atoms with Gasteiger partial charge in [-0.05, 0) is 45.2 Å². The van der Waals surface area contributed by atoms with E-state index >= 15 is 0 Å². The number of carbonyl (C=O) groups is 1. The Labute approximate surface area is 163 Å². The molecule has 1 aliphatic rings. The largest absolute Gasteiger partial charge is 0.468 e. The molecule has 1 aliphatic carbocycles. The topological polar surface area (TPSA) is 86.9 Å². The summed E-state index contributed by atoms with van der Waals surface area (Å²) in [5.41, 5.74) is 3.84. The van der Waals surface area contributed by atoms with Gasteiger partial charge in [0, 0.05) is 37.2 Å². The molecule has 1 atom stereocenters. The molecular weight excluding hydrogens is 356 g/mol. The number of hydrogen-bond acceptors (Lipinski definition) is 5. The van der Waals surface area contributed by atoms with E-state index < -0.39 is 0 Å². The summed E-state index contributed by atoms with van der Waals surface area (Å²) in [5, 5.41) is 13.1. The molecule has 0 radical (unpaired) electrons. The molecule has 3 aromatic rings. The van der Waals surface area contributed by atoms with E-state index in [0.717, 1.165) is 34.5 Å². The number of rotatable bonds is 7. The van der Waals surface area contributed by atoms with Gasteiger partial charge in [0.1, 0.15) is 0 Å². The van der Waals surface area contributed by atoms with Crippen molar-refractivity contribution in [2.24, 2.45) is 7.05 Å². The average Bonchev–Trinajstić information content (AvgIpc) is 3.30. The van der Waals surface area contributed by atoms with Crippen LogP contribution < -0.4 is 10.1 Å². The van der Waals surface area contributed by atoms with Crippen LogP contribution >= 0.6 is 0 Å². The maximum absolute atomic E-state index is 12.3. The van der Waals surface area contributed by atoms with Gasteiger partial charge in [0.2, 0.25) is 5.88 Å². The SMILES string of the molecule is CCn1ccc(C(C)NC(=O)COc2cc(C)c3c(C4CC4)nn(C)c3n2)n1. The van der Waals surface area contributed by atoms with Crippen molar-refractivity contribution in [3.8, 4) is 5.88 Å². The maximum Gasteiger partial charge on any atom is 0.258 e. The predicted molar refractivity (Wildman–Crippen MR) is 105 cm³/mol. The van der Waals surface area contributed by atoms with Crippen molar-refractivity contribution in [2.75, 3.05) is 6.61 Å². The first-order valence-electron chi connectivity index (χ1n) is 9.76. The van der Waals surface area contributed by atoms with Gasteiger partial charge >= 0.3 is 0 Å². The van der Waals surface area contributed by atoms with Crippen LogP contribution in [0, 0.1) is 6.92 Å². The van der Waals surface area contributed by atoms with Crippen molar-refractivity contribution in [2.45, 2.75) is 52.1 Å². The zero-order valence-electron chi connectivity index (χ0n) is 16.8. The quantitative estimate of drug-likeness (QED) is 0.679. The molecule has 0 spiro atoms. The summed E-state index contributed by atoms with van der Waals surface area (Å²) in [6.45, 7) is 6.67. The van der Waals surface area contributed by atoms with E-state index in [2.05, 4.69) is 20.5 Å². The summed E-state index contributed by atoms with van der Waals surface area (Å²) < 4.78 is 9.30. The van der Waals surface area contributed by atoms with Crippen LogP contribution in [0.25, 0.3) is 11.0 Å². The number of ether oxygens (including phenoxy) is 1. The lowest BCUT2D eigenvalue weighted by molar-refractivity contribution is -0.123. The van der Waals surface area contributed by atoms with Crippen LogP contribution in [-0.2, 0) is 18.4 Å². The van der Waals surface area contributed by atoms with Gasteiger partial charge in [0.15, 0.2) is 12.3 Å². The minimum absolute atomic E-state index is 0.0931. The fourth-order valence-corrected chi connectivity index (χ4v) is 3.43. The van der Waals surface area contributed by atoms with E-state index in [4.69, 9.17) is 4.74 Å². The Morgan fingerprint density at radius 1 is 1.39 bits per heavy atom. The fourth-order valence-electron chi connectivity index (χ4n) is 3.43. The van der Waals surface area contributed by atoms with E-state index in [1.54, 1.807) is 4.68 Å². The van der Waals surface area contributed by atoms with E-state index in [1.165, 1.54) is 12.8 Å². The average molecular weight is 382 g/mol. The molecular formula is C20H26N6O2. The van der Waals surface area contributed by atoms with E-state index in [1.807, 2.05) is 50.8 Å². The second-order valence-electron chi connectivity index (χ2n) is 7.43. The zero-order valence-corrected chi connectivity index (χ0v) is 16.8. The summed E-state index contributed by atoms with van der Waals surface area (Å²) in [4.78, 5) is 16.9. The Bertz CT molecular complexity index is 1020. The Morgan fingerprint density at radius 3 is 2.86 bits per heavy atom. The minimum Gasteiger partial charge on any atom is -0.468 e. The highest BCUT2D eigenvalue weighted by Crippen LogP contribution is 2.43. The van der Waals surface area contributed by atoms with Crippen LogP contribution in [0.5, 0.6) is 5.88 Å². The van der Waals surface area contributed by atoms with Crippen LogP contribution in [0.2, 0.25) is 0 Å². The summed E-state index contributed by atoms with van der Waals surface area (Å²) in [5.74, 6) is 0.787. The lowest BCUT2D eigenvalue weighted by atomic mass is 10.1. The smallest absolute Gasteiger partial charge is 0.258 e. The number of aryl methyl sites for hydroxylation is 3. The number of amides is 1. The molecule has 8 heteroatoms. The van der Waals surface area contributed by atoms with Gasteiger partial charge in [-0.1, -0.05) is 0 Å². The van der Waals surface area contributed by atoms with Gasteiger partial charge in [-0.15, -0.1) is 0 Å². The zero-order chi connectivity index (χ0) is 19.8. The predicted octanol–water partition coefficient (Wildman–Crippen LogP) is 2.63. The molecule has 0 aromatic carbocycles. The highest BCUT2D eigenvalue weighted by atomic mass is 16.5. The molecule has 0 bridgehead atoms. The summed E-state index contributed by atoms with van der Waals surface area (Å²) >= 11 is 0. The normalized spacial score (nSPS) is 15.0. The first-order valence-corrected chi connectivity index (χ1v) is 9.76. The molecule has 28 heavy (non-hydrogen) atoms. The van der Waals surface area contributed by atoms with Crippen LogP contribution in [0.1, 0.15) is 55.6 Å². The van der Waals surface area contributed by atoms with Gasteiger partial charge in [0.25, 0.3) is 5.91 Å². The maximum atomic E-state index is 12.3. The molecule has 0 saturated heterocycles. The summed E-state index contributed by atoms with van der Waals surface area (Å²) in [7, 11) is 1.90. The van der Waals surface area contributed by atoms with Crippen LogP contribution in [-0.4, -0.2) is 37.1 Å². The van der Waals surface area contributed by atoms with Crippen molar-refractivity contribution in [3.05, 3.63) is 35.3 Å². The molecule has 3 heterocycles. The van der Waals surface area contributed by atoms with E-state index in [0.29, 0.717) is 11.8 Å². The highest BCUT2D eigenvalue weighted by molar-refractivity contribution is 5.84. The first kappa shape index (κ1) is 18.5.